The highest BCUT2D eigenvalue weighted by molar-refractivity contribution is 6.34. The molecule has 1 aliphatic heterocycles. The van der Waals surface area contributed by atoms with Crippen molar-refractivity contribution in [3.63, 3.8) is 0 Å². The monoisotopic (exact) mass is 326 g/mol. The van der Waals surface area contributed by atoms with Gasteiger partial charge in [0.05, 0.1) is 24.8 Å². The molecule has 0 aromatic heterocycles. The summed E-state index contributed by atoms with van der Waals surface area (Å²) in [4.78, 5) is 27.4. The van der Waals surface area contributed by atoms with Crippen molar-refractivity contribution in [3.05, 3.63) is 28.8 Å². The van der Waals surface area contributed by atoms with Crippen LogP contribution in [0.4, 0.5) is 4.79 Å². The Morgan fingerprint density at radius 3 is 2.41 bits per heavy atom. The summed E-state index contributed by atoms with van der Waals surface area (Å²) in [6.07, 6.45) is 0.339. The lowest BCUT2D eigenvalue weighted by Gasteiger charge is -2.22. The Balaban J connectivity index is 2.08. The van der Waals surface area contributed by atoms with Gasteiger partial charge in [-0.15, -0.1) is 0 Å². The summed E-state index contributed by atoms with van der Waals surface area (Å²) < 4.78 is 9.80. The maximum absolute atomic E-state index is 12.6. The number of methoxy groups -OCH3 is 2. The summed E-state index contributed by atoms with van der Waals surface area (Å²) in [5, 5.41) is 0.360. The Labute approximate surface area is 134 Å². The zero-order valence-corrected chi connectivity index (χ0v) is 13.4. The molecule has 120 valence electrons. The van der Waals surface area contributed by atoms with E-state index in [-0.39, 0.29) is 12.0 Å². The summed E-state index contributed by atoms with van der Waals surface area (Å²) in [6, 6.07) is 4.98. The van der Waals surface area contributed by atoms with Crippen molar-refractivity contribution in [2.75, 3.05) is 40.4 Å². The van der Waals surface area contributed by atoms with E-state index in [1.165, 1.54) is 7.11 Å². The maximum atomic E-state index is 12.6. The normalized spacial score (nSPS) is 15.2. The zero-order valence-electron chi connectivity index (χ0n) is 12.7. The molecule has 1 aromatic carbocycles. The molecule has 0 bridgehead atoms. The summed E-state index contributed by atoms with van der Waals surface area (Å²) in [6.45, 7) is 2.06. The average Bonchev–Trinajstić information content (AvgIpc) is 2.79. The van der Waals surface area contributed by atoms with E-state index in [9.17, 15) is 9.59 Å². The number of hydrogen-bond acceptors (Lipinski definition) is 4. The second kappa shape index (κ2) is 7.35. The van der Waals surface area contributed by atoms with E-state index in [2.05, 4.69) is 0 Å². The molecule has 2 amide bonds. The van der Waals surface area contributed by atoms with E-state index in [1.54, 1.807) is 35.1 Å². The first-order valence-electron chi connectivity index (χ1n) is 7.02. The van der Waals surface area contributed by atoms with Crippen LogP contribution >= 0.6 is 11.6 Å². The van der Waals surface area contributed by atoms with Crippen LogP contribution in [0, 0.1) is 0 Å². The Bertz CT molecular complexity index is 564. The minimum absolute atomic E-state index is 0.139. The number of benzene rings is 1. The highest BCUT2D eigenvalue weighted by Gasteiger charge is 2.24. The Morgan fingerprint density at radius 2 is 1.77 bits per heavy atom. The lowest BCUT2D eigenvalue weighted by molar-refractivity contribution is 0.0757. The molecule has 0 unspecified atom stereocenters. The third-order valence-corrected chi connectivity index (χ3v) is 3.94. The summed E-state index contributed by atoms with van der Waals surface area (Å²) in [7, 11) is 2.90. The van der Waals surface area contributed by atoms with Gasteiger partial charge in [0.15, 0.2) is 0 Å². The molecule has 0 spiro atoms. The fourth-order valence-corrected chi connectivity index (χ4v) is 2.65. The number of ether oxygens (including phenoxy) is 2. The highest BCUT2D eigenvalue weighted by atomic mass is 35.5. The van der Waals surface area contributed by atoms with Gasteiger partial charge in [0, 0.05) is 26.2 Å². The van der Waals surface area contributed by atoms with E-state index < -0.39 is 0 Å². The molecule has 0 aliphatic carbocycles. The third kappa shape index (κ3) is 3.62. The lowest BCUT2D eigenvalue weighted by Crippen LogP contribution is -2.37. The minimum Gasteiger partial charge on any atom is -0.497 e. The highest BCUT2D eigenvalue weighted by Crippen LogP contribution is 2.24. The quantitative estimate of drug-likeness (QED) is 0.836. The average molecular weight is 327 g/mol. The molecule has 22 heavy (non-hydrogen) atoms. The van der Waals surface area contributed by atoms with Gasteiger partial charge >= 0.3 is 6.09 Å². The maximum Gasteiger partial charge on any atom is 0.409 e. The van der Waals surface area contributed by atoms with Crippen LogP contribution in [0.15, 0.2) is 18.2 Å². The lowest BCUT2D eigenvalue weighted by atomic mass is 10.2. The fourth-order valence-electron chi connectivity index (χ4n) is 2.40. The van der Waals surface area contributed by atoms with Crippen LogP contribution in [0.25, 0.3) is 0 Å². The van der Waals surface area contributed by atoms with Gasteiger partial charge in [0.1, 0.15) is 5.75 Å². The first-order valence-corrected chi connectivity index (χ1v) is 7.40. The number of hydrogen-bond donors (Lipinski definition) is 0. The van der Waals surface area contributed by atoms with Crippen molar-refractivity contribution in [2.24, 2.45) is 0 Å². The van der Waals surface area contributed by atoms with Crippen molar-refractivity contribution in [1.29, 1.82) is 0 Å². The van der Waals surface area contributed by atoms with E-state index in [0.29, 0.717) is 48.9 Å². The number of carbonyl (C=O) groups is 2. The van der Waals surface area contributed by atoms with Crippen molar-refractivity contribution in [3.8, 4) is 5.75 Å². The summed E-state index contributed by atoms with van der Waals surface area (Å²) in [5.41, 5.74) is 0.439. The van der Waals surface area contributed by atoms with Gasteiger partial charge in [-0.3, -0.25) is 4.79 Å². The predicted octanol–water partition coefficient (Wildman–Crippen LogP) is 2.26. The first kappa shape index (κ1) is 16.4. The van der Waals surface area contributed by atoms with E-state index in [1.807, 2.05) is 0 Å². The van der Waals surface area contributed by atoms with Gasteiger partial charge in [0.25, 0.3) is 5.91 Å². The van der Waals surface area contributed by atoms with Crippen molar-refractivity contribution in [1.82, 2.24) is 9.80 Å². The van der Waals surface area contributed by atoms with Crippen molar-refractivity contribution >= 4 is 23.6 Å². The number of amides is 2. The molecule has 1 aliphatic rings. The second-order valence-electron chi connectivity index (χ2n) is 4.95. The predicted molar refractivity (Wildman–Crippen MR) is 82.5 cm³/mol. The van der Waals surface area contributed by atoms with Gasteiger partial charge in [-0.2, -0.15) is 0 Å². The van der Waals surface area contributed by atoms with Gasteiger partial charge in [-0.1, -0.05) is 11.6 Å². The molecule has 0 saturated carbocycles. The Kier molecular flexibility index (Phi) is 5.49. The second-order valence-corrected chi connectivity index (χ2v) is 5.36. The molecular weight excluding hydrogens is 308 g/mol. The minimum atomic E-state index is -0.364. The van der Waals surface area contributed by atoms with Crippen LogP contribution in [-0.4, -0.2) is 62.2 Å². The van der Waals surface area contributed by atoms with Crippen LogP contribution in [0.5, 0.6) is 5.75 Å². The third-order valence-electron chi connectivity index (χ3n) is 3.62. The van der Waals surface area contributed by atoms with Gasteiger partial charge in [-0.05, 0) is 24.6 Å². The van der Waals surface area contributed by atoms with Crippen molar-refractivity contribution < 1.29 is 19.1 Å². The molecule has 0 atom stereocenters. The van der Waals surface area contributed by atoms with Gasteiger partial charge < -0.3 is 19.3 Å². The summed E-state index contributed by atoms with van der Waals surface area (Å²) >= 11 is 6.15. The van der Waals surface area contributed by atoms with Crippen molar-refractivity contribution in [2.45, 2.75) is 6.42 Å². The topological polar surface area (TPSA) is 59.1 Å². The van der Waals surface area contributed by atoms with E-state index >= 15 is 0 Å². The molecule has 0 radical (unpaired) electrons. The van der Waals surface area contributed by atoms with Gasteiger partial charge in [-0.25, -0.2) is 4.79 Å². The molecule has 0 N–H and O–H groups in total. The van der Waals surface area contributed by atoms with Crippen LogP contribution in [0.3, 0.4) is 0 Å². The largest absolute Gasteiger partial charge is 0.497 e. The molecule has 1 saturated heterocycles. The van der Waals surface area contributed by atoms with Crippen LogP contribution in [0.2, 0.25) is 5.02 Å². The molecule has 7 heteroatoms. The number of carbonyl (C=O) groups excluding carboxylic acids is 2. The molecule has 1 heterocycles. The molecule has 6 nitrogen and oxygen atoms in total. The van der Waals surface area contributed by atoms with Crippen LogP contribution < -0.4 is 4.74 Å². The Morgan fingerprint density at radius 1 is 1.09 bits per heavy atom. The zero-order chi connectivity index (χ0) is 16.1. The Hall–Kier alpha value is -1.95. The SMILES string of the molecule is COC(=O)N1CCCN(C(=O)c2ccc(OC)cc2Cl)CC1. The number of nitrogens with zero attached hydrogens (tertiary/aromatic N) is 2. The summed E-state index contributed by atoms with van der Waals surface area (Å²) in [5.74, 6) is 0.466. The number of halogens is 1. The first-order chi connectivity index (χ1) is 10.6. The molecular formula is C15H19ClN2O4. The van der Waals surface area contributed by atoms with Crippen LogP contribution in [-0.2, 0) is 4.74 Å². The van der Waals surface area contributed by atoms with Crippen LogP contribution in [0.1, 0.15) is 16.8 Å². The standard InChI is InChI=1S/C15H19ClN2O4/c1-21-11-4-5-12(13(16)10-11)14(19)17-6-3-7-18(9-8-17)15(20)22-2/h4-5,10H,3,6-9H2,1-2H3. The van der Waals surface area contributed by atoms with E-state index in [4.69, 9.17) is 21.1 Å². The van der Waals surface area contributed by atoms with E-state index in [0.717, 1.165) is 0 Å². The molecule has 2 rings (SSSR count). The molecule has 1 fully saturated rings. The smallest absolute Gasteiger partial charge is 0.409 e. The fraction of sp³-hybridized carbons (Fsp3) is 0.467. The molecule has 1 aromatic rings. The van der Waals surface area contributed by atoms with Gasteiger partial charge in [0.2, 0.25) is 0 Å². The number of rotatable bonds is 2.